The molecule has 7 nitrogen and oxygen atoms in total. The highest BCUT2D eigenvalue weighted by Crippen LogP contribution is 2.23. The van der Waals surface area contributed by atoms with Crippen LogP contribution in [0.15, 0.2) is 24.3 Å². The summed E-state index contributed by atoms with van der Waals surface area (Å²) in [7, 11) is -3.97. The van der Waals surface area contributed by atoms with Crippen LogP contribution in [0.2, 0.25) is 0 Å². The smallest absolute Gasteiger partial charge is 0.313 e. The van der Waals surface area contributed by atoms with Gasteiger partial charge in [0.05, 0.1) is 12.3 Å². The molecule has 0 saturated carbocycles. The summed E-state index contributed by atoms with van der Waals surface area (Å²) in [5.74, 6) is -2.08. The van der Waals surface area contributed by atoms with E-state index in [0.29, 0.717) is 0 Å². The van der Waals surface area contributed by atoms with Crippen LogP contribution in [0.5, 0.6) is 0 Å². The molecule has 122 valence electrons. The number of hydrogen-bond acceptors (Lipinski definition) is 6. The van der Waals surface area contributed by atoms with E-state index in [4.69, 9.17) is 4.74 Å². The average molecular weight is 331 g/mol. The van der Waals surface area contributed by atoms with E-state index >= 15 is 0 Å². The van der Waals surface area contributed by atoms with Gasteiger partial charge in [0.25, 0.3) is 10.0 Å². The van der Waals surface area contributed by atoms with Crippen molar-refractivity contribution in [2.24, 2.45) is 5.92 Å². The summed E-state index contributed by atoms with van der Waals surface area (Å²) in [5.41, 5.74) is 5.38. The molecule has 9 heteroatoms. The van der Waals surface area contributed by atoms with Crippen molar-refractivity contribution in [1.82, 2.24) is 10.9 Å². The van der Waals surface area contributed by atoms with Gasteiger partial charge in [0.15, 0.2) is 5.37 Å². The van der Waals surface area contributed by atoms with Crippen LogP contribution in [0.3, 0.4) is 0 Å². The molecule has 0 aliphatic carbocycles. The molecule has 0 aromatic heterocycles. The van der Waals surface area contributed by atoms with Crippen molar-refractivity contribution in [2.45, 2.75) is 25.3 Å². The highest BCUT2D eigenvalue weighted by atomic mass is 32.2. The molecule has 0 spiro atoms. The van der Waals surface area contributed by atoms with Gasteiger partial charge in [0.1, 0.15) is 11.7 Å². The van der Waals surface area contributed by atoms with Gasteiger partial charge in [-0.15, -0.1) is 0 Å². The van der Waals surface area contributed by atoms with Gasteiger partial charge in [-0.25, -0.2) is 18.2 Å². The predicted octanol–water partition coefficient (Wildman–Crippen LogP) is 0.569. The van der Waals surface area contributed by atoms with Crippen molar-refractivity contribution in [2.75, 3.05) is 11.3 Å². The molecule has 1 aliphatic rings. The molecule has 1 fully saturated rings. The summed E-state index contributed by atoms with van der Waals surface area (Å²) in [6, 6.07) is 4.65. The Morgan fingerprint density at radius 1 is 1.41 bits per heavy atom. The summed E-state index contributed by atoms with van der Waals surface area (Å²) in [4.78, 5) is 12.0. The maximum Gasteiger partial charge on any atom is 0.313 e. The number of hydrogen-bond donors (Lipinski definition) is 3. The van der Waals surface area contributed by atoms with Crippen molar-refractivity contribution in [1.29, 1.82) is 0 Å². The molecule has 22 heavy (non-hydrogen) atoms. The Bertz CT molecular complexity index is 652. The summed E-state index contributed by atoms with van der Waals surface area (Å²) in [6.07, 6.45) is 0. The first-order valence-corrected chi connectivity index (χ1v) is 8.34. The molecule has 3 atom stereocenters. The number of nitrogens with one attached hydrogen (secondary N) is 3. The SMILES string of the molecule is CCOC(=O)C1C(C)NNC1S(=O)(=O)Nc1cccc(F)c1. The van der Waals surface area contributed by atoms with Crippen molar-refractivity contribution in [3.8, 4) is 0 Å². The van der Waals surface area contributed by atoms with Crippen molar-refractivity contribution >= 4 is 21.7 Å². The van der Waals surface area contributed by atoms with Crippen LogP contribution < -0.4 is 15.6 Å². The lowest BCUT2D eigenvalue weighted by Gasteiger charge is -2.20. The van der Waals surface area contributed by atoms with Gasteiger partial charge < -0.3 is 4.74 Å². The highest BCUT2D eigenvalue weighted by Gasteiger charge is 2.46. The first-order valence-electron chi connectivity index (χ1n) is 6.80. The van der Waals surface area contributed by atoms with Crippen LogP contribution >= 0.6 is 0 Å². The number of carbonyl (C=O) groups is 1. The fraction of sp³-hybridized carbons (Fsp3) is 0.462. The second-order valence-corrected chi connectivity index (χ2v) is 6.74. The number of carbonyl (C=O) groups excluding carboxylic acids is 1. The molecule has 0 amide bonds. The number of ether oxygens (including phenoxy) is 1. The van der Waals surface area contributed by atoms with Crippen LogP contribution in [0.4, 0.5) is 10.1 Å². The minimum absolute atomic E-state index is 0.0870. The van der Waals surface area contributed by atoms with E-state index in [1.165, 1.54) is 18.2 Å². The fourth-order valence-electron chi connectivity index (χ4n) is 2.27. The second kappa shape index (κ2) is 6.59. The van der Waals surface area contributed by atoms with Gasteiger partial charge in [-0.3, -0.25) is 14.9 Å². The van der Waals surface area contributed by atoms with Crippen molar-refractivity contribution < 1.29 is 22.3 Å². The van der Waals surface area contributed by atoms with E-state index in [2.05, 4.69) is 15.6 Å². The van der Waals surface area contributed by atoms with Gasteiger partial charge in [0, 0.05) is 6.04 Å². The number of anilines is 1. The summed E-state index contributed by atoms with van der Waals surface area (Å²) in [5, 5.41) is -1.22. The van der Waals surface area contributed by atoms with Gasteiger partial charge in [-0.2, -0.15) is 0 Å². The largest absolute Gasteiger partial charge is 0.466 e. The van der Waals surface area contributed by atoms with E-state index in [0.717, 1.165) is 6.07 Å². The Hall–Kier alpha value is -1.71. The summed E-state index contributed by atoms with van der Waals surface area (Å²) < 4.78 is 45.2. The molecule has 3 N–H and O–H groups in total. The molecule has 1 aromatic carbocycles. The molecule has 1 saturated heterocycles. The lowest BCUT2D eigenvalue weighted by atomic mass is 10.0. The zero-order valence-corrected chi connectivity index (χ0v) is 13.0. The van der Waals surface area contributed by atoms with E-state index in [-0.39, 0.29) is 12.3 Å². The third-order valence-corrected chi connectivity index (χ3v) is 4.90. The topological polar surface area (TPSA) is 96.5 Å². The third-order valence-electron chi connectivity index (χ3n) is 3.30. The molecule has 0 bridgehead atoms. The molecular weight excluding hydrogens is 313 g/mol. The zero-order chi connectivity index (χ0) is 16.3. The second-order valence-electron chi connectivity index (χ2n) is 4.93. The van der Waals surface area contributed by atoms with Crippen LogP contribution in [-0.2, 0) is 19.6 Å². The summed E-state index contributed by atoms with van der Waals surface area (Å²) >= 11 is 0. The quantitative estimate of drug-likeness (QED) is 0.683. The van der Waals surface area contributed by atoms with Crippen molar-refractivity contribution in [3.05, 3.63) is 30.1 Å². The summed E-state index contributed by atoms with van der Waals surface area (Å²) in [6.45, 7) is 3.48. The average Bonchev–Trinajstić information content (AvgIpc) is 2.81. The molecule has 0 radical (unpaired) electrons. The number of sulfonamides is 1. The van der Waals surface area contributed by atoms with Crippen LogP contribution in [0.25, 0.3) is 0 Å². The fourth-order valence-corrected chi connectivity index (χ4v) is 3.81. The monoisotopic (exact) mass is 331 g/mol. The van der Waals surface area contributed by atoms with Gasteiger partial charge in [-0.05, 0) is 32.0 Å². The van der Waals surface area contributed by atoms with E-state index in [1.54, 1.807) is 13.8 Å². The highest BCUT2D eigenvalue weighted by molar-refractivity contribution is 7.93. The number of hydrazine groups is 1. The zero-order valence-electron chi connectivity index (χ0n) is 12.2. The molecule has 2 rings (SSSR count). The number of esters is 1. The van der Waals surface area contributed by atoms with E-state index < -0.39 is 39.1 Å². The Morgan fingerprint density at radius 3 is 2.77 bits per heavy atom. The Morgan fingerprint density at radius 2 is 2.14 bits per heavy atom. The molecular formula is C13H18FN3O4S. The number of rotatable bonds is 5. The van der Waals surface area contributed by atoms with Crippen LogP contribution in [0.1, 0.15) is 13.8 Å². The normalized spacial score (nSPS) is 25.0. The molecule has 1 aliphatic heterocycles. The number of benzene rings is 1. The van der Waals surface area contributed by atoms with Crippen molar-refractivity contribution in [3.63, 3.8) is 0 Å². The Labute approximate surface area is 128 Å². The minimum atomic E-state index is -3.97. The Balaban J connectivity index is 2.22. The standard InChI is InChI=1S/C13H18FN3O4S/c1-3-21-13(18)11-8(2)15-16-12(11)22(19,20)17-10-6-4-5-9(14)7-10/h4-8,11-12,15-17H,3H2,1-2H3. The maximum atomic E-state index is 13.2. The minimum Gasteiger partial charge on any atom is -0.466 e. The third kappa shape index (κ3) is 3.54. The van der Waals surface area contributed by atoms with Crippen LogP contribution in [0, 0.1) is 11.7 Å². The maximum absolute atomic E-state index is 13.2. The molecule has 1 aromatic rings. The number of halogens is 1. The van der Waals surface area contributed by atoms with E-state index in [9.17, 15) is 17.6 Å². The van der Waals surface area contributed by atoms with Gasteiger partial charge in [-0.1, -0.05) is 6.07 Å². The molecule has 1 heterocycles. The van der Waals surface area contributed by atoms with Gasteiger partial charge >= 0.3 is 5.97 Å². The first kappa shape index (κ1) is 16.7. The predicted molar refractivity (Wildman–Crippen MR) is 78.6 cm³/mol. The van der Waals surface area contributed by atoms with Gasteiger partial charge in [0.2, 0.25) is 0 Å². The van der Waals surface area contributed by atoms with Crippen LogP contribution in [-0.4, -0.2) is 32.4 Å². The Kier molecular flexibility index (Phi) is 4.99. The lowest BCUT2D eigenvalue weighted by molar-refractivity contribution is -0.148. The first-order chi connectivity index (χ1) is 10.3. The van der Waals surface area contributed by atoms with E-state index in [1.807, 2.05) is 0 Å². The lowest BCUT2D eigenvalue weighted by Crippen LogP contribution is -2.44. The molecule has 3 unspecified atom stereocenters.